The van der Waals surface area contributed by atoms with E-state index in [4.69, 9.17) is 10.5 Å². The molecule has 2 N–H and O–H groups in total. The molecule has 2 amide bonds. The minimum Gasteiger partial charge on any atom is -0.491 e. The van der Waals surface area contributed by atoms with Gasteiger partial charge < -0.3 is 15.4 Å². The van der Waals surface area contributed by atoms with Crippen molar-refractivity contribution in [2.75, 3.05) is 0 Å². The Bertz CT molecular complexity index is 833. The fraction of sp³-hybridized carbons (Fsp3) is 0.364. The third kappa shape index (κ3) is 3.97. The van der Waals surface area contributed by atoms with Crippen LogP contribution in [0.2, 0.25) is 0 Å². The first-order chi connectivity index (χ1) is 12.9. The van der Waals surface area contributed by atoms with Gasteiger partial charge in [0, 0.05) is 5.56 Å². The monoisotopic (exact) mass is 366 g/mol. The summed E-state index contributed by atoms with van der Waals surface area (Å²) in [6.07, 6.45) is 1.68. The van der Waals surface area contributed by atoms with Crippen molar-refractivity contribution in [3.05, 3.63) is 65.2 Å². The van der Waals surface area contributed by atoms with Crippen LogP contribution >= 0.6 is 0 Å². The number of hydrogen-bond acceptors (Lipinski definition) is 3. The van der Waals surface area contributed by atoms with Crippen LogP contribution in [0.3, 0.4) is 0 Å². The van der Waals surface area contributed by atoms with Crippen LogP contribution in [-0.4, -0.2) is 28.9 Å². The number of benzene rings is 2. The number of nitrogens with two attached hydrogens (primary N) is 1. The SMILES string of the molecule is CC(C)Oc1ccc2c(c1)[C@H](N(C(=O)c1ccccc1)[C@H](C)C(N)=O)CC2. The van der Waals surface area contributed by atoms with Crippen LogP contribution in [0.15, 0.2) is 48.5 Å². The highest BCUT2D eigenvalue weighted by Gasteiger charge is 2.36. The van der Waals surface area contributed by atoms with Crippen molar-refractivity contribution in [2.45, 2.75) is 51.8 Å². The Balaban J connectivity index is 2.00. The van der Waals surface area contributed by atoms with Crippen molar-refractivity contribution in [3.8, 4) is 5.75 Å². The molecule has 2 aromatic carbocycles. The summed E-state index contributed by atoms with van der Waals surface area (Å²) >= 11 is 0. The lowest BCUT2D eigenvalue weighted by Crippen LogP contribution is -2.47. The summed E-state index contributed by atoms with van der Waals surface area (Å²) in [5, 5.41) is 0. The normalized spacial score (nSPS) is 16.7. The Morgan fingerprint density at radius 1 is 1.11 bits per heavy atom. The third-order valence-electron chi connectivity index (χ3n) is 4.96. The maximum Gasteiger partial charge on any atom is 0.255 e. The molecular weight excluding hydrogens is 340 g/mol. The summed E-state index contributed by atoms with van der Waals surface area (Å²) in [6, 6.07) is 14.1. The molecule has 27 heavy (non-hydrogen) atoms. The lowest BCUT2D eigenvalue weighted by Gasteiger charge is -2.34. The van der Waals surface area contributed by atoms with E-state index in [-0.39, 0.29) is 18.1 Å². The van der Waals surface area contributed by atoms with Crippen molar-refractivity contribution in [1.82, 2.24) is 4.90 Å². The number of carbonyl (C=O) groups is 2. The van der Waals surface area contributed by atoms with E-state index in [0.717, 1.165) is 24.2 Å². The first-order valence-electron chi connectivity index (χ1n) is 9.35. The highest BCUT2D eigenvalue weighted by Crippen LogP contribution is 2.39. The minimum absolute atomic E-state index is 0.0644. The Morgan fingerprint density at radius 3 is 2.44 bits per heavy atom. The fourth-order valence-corrected chi connectivity index (χ4v) is 3.65. The van der Waals surface area contributed by atoms with Gasteiger partial charge in [-0.2, -0.15) is 0 Å². The Morgan fingerprint density at radius 2 is 1.81 bits per heavy atom. The number of rotatable bonds is 6. The molecule has 142 valence electrons. The summed E-state index contributed by atoms with van der Waals surface area (Å²) < 4.78 is 5.83. The summed E-state index contributed by atoms with van der Waals surface area (Å²) in [5.74, 6) is 0.0757. The average Bonchev–Trinajstić information content (AvgIpc) is 3.05. The van der Waals surface area contributed by atoms with E-state index in [1.165, 1.54) is 5.56 Å². The molecule has 2 atom stereocenters. The van der Waals surface area contributed by atoms with Crippen LogP contribution in [0.1, 0.15) is 54.7 Å². The summed E-state index contributed by atoms with van der Waals surface area (Å²) in [7, 11) is 0. The molecule has 1 aliphatic rings. The molecule has 1 aliphatic carbocycles. The number of amides is 2. The topological polar surface area (TPSA) is 72.6 Å². The van der Waals surface area contributed by atoms with Crippen molar-refractivity contribution in [1.29, 1.82) is 0 Å². The molecule has 0 saturated heterocycles. The molecule has 0 fully saturated rings. The standard InChI is InChI=1S/C22H26N2O3/c1-14(2)27-18-11-9-16-10-12-20(19(16)13-18)24(15(3)21(23)25)22(26)17-7-5-4-6-8-17/h4-9,11,13-15,20H,10,12H2,1-3H3,(H2,23,25)/t15-,20-/m1/s1. The molecule has 0 heterocycles. The van der Waals surface area contributed by atoms with Gasteiger partial charge >= 0.3 is 0 Å². The van der Waals surface area contributed by atoms with Gasteiger partial charge in [-0.3, -0.25) is 9.59 Å². The molecule has 0 aliphatic heterocycles. The Labute approximate surface area is 160 Å². The zero-order chi connectivity index (χ0) is 19.6. The van der Waals surface area contributed by atoms with Gasteiger partial charge in [0.25, 0.3) is 5.91 Å². The van der Waals surface area contributed by atoms with E-state index in [0.29, 0.717) is 5.56 Å². The van der Waals surface area contributed by atoms with Crippen LogP contribution in [0.5, 0.6) is 5.75 Å². The number of carbonyl (C=O) groups excluding carboxylic acids is 2. The van der Waals surface area contributed by atoms with E-state index in [1.54, 1.807) is 24.0 Å². The molecule has 0 bridgehead atoms. The number of nitrogens with zero attached hydrogens (tertiary/aromatic N) is 1. The minimum atomic E-state index is -0.705. The second-order valence-electron chi connectivity index (χ2n) is 7.24. The average molecular weight is 366 g/mol. The predicted octanol–water partition coefficient (Wildman–Crippen LogP) is 3.48. The summed E-state index contributed by atoms with van der Waals surface area (Å²) in [4.78, 5) is 26.8. The smallest absolute Gasteiger partial charge is 0.255 e. The predicted molar refractivity (Wildman–Crippen MR) is 105 cm³/mol. The number of fused-ring (bicyclic) bond motifs is 1. The number of hydrogen-bond donors (Lipinski definition) is 1. The fourth-order valence-electron chi connectivity index (χ4n) is 3.65. The first-order valence-corrected chi connectivity index (χ1v) is 9.35. The van der Waals surface area contributed by atoms with Gasteiger partial charge in [-0.05, 0) is 69.0 Å². The molecule has 0 radical (unpaired) electrons. The van der Waals surface area contributed by atoms with E-state index >= 15 is 0 Å². The highest BCUT2D eigenvalue weighted by molar-refractivity contribution is 5.97. The second-order valence-corrected chi connectivity index (χ2v) is 7.24. The third-order valence-corrected chi connectivity index (χ3v) is 4.96. The van der Waals surface area contributed by atoms with E-state index in [9.17, 15) is 9.59 Å². The molecule has 3 rings (SSSR count). The van der Waals surface area contributed by atoms with Gasteiger partial charge in [0.2, 0.25) is 5.91 Å². The van der Waals surface area contributed by atoms with Crippen molar-refractivity contribution in [2.24, 2.45) is 5.73 Å². The quantitative estimate of drug-likeness (QED) is 0.851. The van der Waals surface area contributed by atoms with Gasteiger partial charge in [-0.1, -0.05) is 24.3 Å². The molecule has 5 nitrogen and oxygen atoms in total. The van der Waals surface area contributed by atoms with E-state index in [1.807, 2.05) is 50.2 Å². The molecule has 0 saturated carbocycles. The first kappa shape index (κ1) is 19.0. The summed E-state index contributed by atoms with van der Waals surface area (Å²) in [6.45, 7) is 5.64. The number of ether oxygens (including phenoxy) is 1. The second kappa shape index (κ2) is 7.82. The largest absolute Gasteiger partial charge is 0.491 e. The number of primary amides is 1. The van der Waals surface area contributed by atoms with Crippen LogP contribution in [0, 0.1) is 0 Å². The van der Waals surface area contributed by atoms with Gasteiger partial charge in [-0.25, -0.2) is 0 Å². The summed E-state index contributed by atoms with van der Waals surface area (Å²) in [5.41, 5.74) is 8.34. The molecule has 0 aromatic heterocycles. The lowest BCUT2D eigenvalue weighted by atomic mass is 10.0. The van der Waals surface area contributed by atoms with Crippen molar-refractivity contribution >= 4 is 11.8 Å². The van der Waals surface area contributed by atoms with Crippen molar-refractivity contribution < 1.29 is 14.3 Å². The Hall–Kier alpha value is -2.82. The van der Waals surface area contributed by atoms with Gasteiger partial charge in [-0.15, -0.1) is 0 Å². The van der Waals surface area contributed by atoms with Crippen molar-refractivity contribution in [3.63, 3.8) is 0 Å². The van der Waals surface area contributed by atoms with Gasteiger partial charge in [0.1, 0.15) is 11.8 Å². The maximum absolute atomic E-state index is 13.2. The maximum atomic E-state index is 13.2. The zero-order valence-electron chi connectivity index (χ0n) is 16.0. The molecule has 2 aromatic rings. The van der Waals surface area contributed by atoms with Gasteiger partial charge in [0.05, 0.1) is 12.1 Å². The van der Waals surface area contributed by atoms with Gasteiger partial charge in [0.15, 0.2) is 0 Å². The van der Waals surface area contributed by atoms with Crippen LogP contribution in [-0.2, 0) is 11.2 Å². The molecule has 5 heteroatoms. The lowest BCUT2D eigenvalue weighted by molar-refractivity contribution is -0.122. The molecular formula is C22H26N2O3. The highest BCUT2D eigenvalue weighted by atomic mass is 16.5. The van der Waals surface area contributed by atoms with E-state index in [2.05, 4.69) is 0 Å². The Kier molecular flexibility index (Phi) is 5.49. The molecule has 0 unspecified atom stereocenters. The van der Waals surface area contributed by atoms with Crippen LogP contribution in [0.25, 0.3) is 0 Å². The van der Waals surface area contributed by atoms with Crippen LogP contribution in [0.4, 0.5) is 0 Å². The zero-order valence-corrected chi connectivity index (χ0v) is 16.0. The van der Waals surface area contributed by atoms with E-state index < -0.39 is 11.9 Å². The number of aryl methyl sites for hydroxylation is 1. The van der Waals surface area contributed by atoms with Crippen LogP contribution < -0.4 is 10.5 Å². The molecule has 0 spiro atoms.